The van der Waals surface area contributed by atoms with E-state index in [2.05, 4.69) is 5.32 Å². The van der Waals surface area contributed by atoms with Gasteiger partial charge in [0.25, 0.3) is 0 Å². The molecule has 0 amide bonds. The third-order valence-electron chi connectivity index (χ3n) is 2.98. The summed E-state index contributed by atoms with van der Waals surface area (Å²) >= 11 is 6.03. The van der Waals surface area contributed by atoms with Gasteiger partial charge in [-0.25, -0.2) is 0 Å². The maximum atomic E-state index is 9.01. The van der Waals surface area contributed by atoms with E-state index in [1.54, 1.807) is 0 Å². The smallest absolute Gasteiger partial charge is 0.0602 e. The summed E-state index contributed by atoms with van der Waals surface area (Å²) in [5.74, 6) is 0. The first kappa shape index (κ1) is 10.7. The zero-order valence-electron chi connectivity index (χ0n) is 8.63. The predicted octanol–water partition coefficient (Wildman–Crippen LogP) is 1.30. The van der Waals surface area contributed by atoms with Crippen LogP contribution < -0.4 is 11.1 Å². The van der Waals surface area contributed by atoms with Crippen molar-refractivity contribution in [3.05, 3.63) is 28.3 Å². The molecular weight excluding hydrogens is 212 g/mol. The van der Waals surface area contributed by atoms with Crippen molar-refractivity contribution < 1.29 is 5.11 Å². The summed E-state index contributed by atoms with van der Waals surface area (Å²) in [5.41, 5.74) is 9.17. The number of fused-ring (bicyclic) bond motifs is 1. The topological polar surface area (TPSA) is 58.3 Å². The monoisotopic (exact) mass is 226 g/mol. The maximum absolute atomic E-state index is 9.01. The Balaban J connectivity index is 2.27. The lowest BCUT2D eigenvalue weighted by Crippen LogP contribution is -2.41. The average molecular weight is 227 g/mol. The Morgan fingerprint density at radius 2 is 2.40 bits per heavy atom. The fourth-order valence-corrected chi connectivity index (χ4v) is 2.13. The standard InChI is InChI=1S/C11H15ClN2O/c1-6-8(12)3-2-7-4-10(9(13)5-15)14-11(6)7/h2-3,9-10,14-15H,4-5,13H2,1H3. The molecule has 0 saturated carbocycles. The number of aliphatic hydroxyl groups is 1. The zero-order chi connectivity index (χ0) is 11.0. The molecule has 1 aromatic carbocycles. The van der Waals surface area contributed by atoms with Crippen LogP contribution in [0, 0.1) is 6.92 Å². The van der Waals surface area contributed by atoms with Crippen molar-refractivity contribution in [2.75, 3.05) is 11.9 Å². The zero-order valence-corrected chi connectivity index (χ0v) is 9.38. The lowest BCUT2D eigenvalue weighted by Gasteiger charge is -2.17. The van der Waals surface area contributed by atoms with Crippen LogP contribution in [0.15, 0.2) is 12.1 Å². The van der Waals surface area contributed by atoms with Gasteiger partial charge in [-0.15, -0.1) is 0 Å². The van der Waals surface area contributed by atoms with Gasteiger partial charge in [0.2, 0.25) is 0 Å². The van der Waals surface area contributed by atoms with Gasteiger partial charge in [-0.05, 0) is 30.5 Å². The average Bonchev–Trinajstić information content (AvgIpc) is 2.67. The van der Waals surface area contributed by atoms with Crippen LogP contribution in [0.5, 0.6) is 0 Å². The largest absolute Gasteiger partial charge is 0.395 e. The summed E-state index contributed by atoms with van der Waals surface area (Å²) in [7, 11) is 0. The van der Waals surface area contributed by atoms with E-state index < -0.39 is 0 Å². The Labute approximate surface area is 94.2 Å². The van der Waals surface area contributed by atoms with E-state index in [1.807, 2.05) is 19.1 Å². The number of benzene rings is 1. The third-order valence-corrected chi connectivity index (χ3v) is 3.39. The highest BCUT2D eigenvalue weighted by atomic mass is 35.5. The predicted molar refractivity (Wildman–Crippen MR) is 62.4 cm³/mol. The molecule has 4 heteroatoms. The van der Waals surface area contributed by atoms with Crippen LogP contribution in [0.3, 0.4) is 0 Å². The van der Waals surface area contributed by atoms with Crippen molar-refractivity contribution in [1.82, 2.24) is 0 Å². The maximum Gasteiger partial charge on any atom is 0.0602 e. The van der Waals surface area contributed by atoms with E-state index in [-0.39, 0.29) is 18.7 Å². The molecule has 1 heterocycles. The van der Waals surface area contributed by atoms with E-state index in [1.165, 1.54) is 5.56 Å². The minimum atomic E-state index is -0.226. The molecular formula is C11H15ClN2O. The van der Waals surface area contributed by atoms with Crippen molar-refractivity contribution in [2.45, 2.75) is 25.4 Å². The molecule has 1 aromatic rings. The Morgan fingerprint density at radius 3 is 3.07 bits per heavy atom. The van der Waals surface area contributed by atoms with Crippen LogP contribution in [0.4, 0.5) is 5.69 Å². The van der Waals surface area contributed by atoms with Gasteiger partial charge >= 0.3 is 0 Å². The van der Waals surface area contributed by atoms with Gasteiger partial charge in [-0.1, -0.05) is 17.7 Å². The number of rotatable bonds is 2. The van der Waals surface area contributed by atoms with Crippen molar-refractivity contribution in [2.24, 2.45) is 5.73 Å². The summed E-state index contributed by atoms with van der Waals surface area (Å²) in [6, 6.07) is 3.81. The Morgan fingerprint density at radius 1 is 1.67 bits per heavy atom. The number of hydrogen-bond donors (Lipinski definition) is 3. The van der Waals surface area contributed by atoms with Gasteiger partial charge in [0.1, 0.15) is 0 Å². The van der Waals surface area contributed by atoms with Crippen LogP contribution in [-0.4, -0.2) is 23.8 Å². The number of nitrogens with two attached hydrogens (primary N) is 1. The van der Waals surface area contributed by atoms with E-state index in [9.17, 15) is 0 Å². The van der Waals surface area contributed by atoms with Gasteiger partial charge in [0.15, 0.2) is 0 Å². The molecule has 2 unspecified atom stereocenters. The molecule has 0 saturated heterocycles. The van der Waals surface area contributed by atoms with Gasteiger partial charge in [-0.3, -0.25) is 0 Å². The number of anilines is 1. The highest BCUT2D eigenvalue weighted by molar-refractivity contribution is 6.31. The van der Waals surface area contributed by atoms with Crippen molar-refractivity contribution in [1.29, 1.82) is 0 Å². The highest BCUT2D eigenvalue weighted by Gasteiger charge is 2.26. The molecule has 2 atom stereocenters. The minimum Gasteiger partial charge on any atom is -0.395 e. The molecule has 0 spiro atoms. The molecule has 82 valence electrons. The minimum absolute atomic E-state index is 0.00155. The summed E-state index contributed by atoms with van der Waals surface area (Å²) in [5, 5.41) is 13.1. The summed E-state index contributed by atoms with van der Waals surface area (Å²) in [4.78, 5) is 0. The molecule has 0 aromatic heterocycles. The van der Waals surface area contributed by atoms with Crippen molar-refractivity contribution >= 4 is 17.3 Å². The van der Waals surface area contributed by atoms with Gasteiger partial charge in [-0.2, -0.15) is 0 Å². The van der Waals surface area contributed by atoms with Crippen LogP contribution in [0.1, 0.15) is 11.1 Å². The number of aliphatic hydroxyl groups excluding tert-OH is 1. The van der Waals surface area contributed by atoms with Gasteiger partial charge in [0, 0.05) is 22.8 Å². The van der Waals surface area contributed by atoms with Crippen LogP contribution in [-0.2, 0) is 6.42 Å². The summed E-state index contributed by atoms with van der Waals surface area (Å²) in [6.07, 6.45) is 0.856. The fraction of sp³-hybridized carbons (Fsp3) is 0.455. The van der Waals surface area contributed by atoms with Crippen LogP contribution >= 0.6 is 11.6 Å². The first-order valence-electron chi connectivity index (χ1n) is 5.04. The van der Waals surface area contributed by atoms with Gasteiger partial charge in [0.05, 0.1) is 6.61 Å². The molecule has 1 aliphatic heterocycles. The lowest BCUT2D eigenvalue weighted by atomic mass is 10.0. The first-order valence-corrected chi connectivity index (χ1v) is 5.42. The Hall–Kier alpha value is -0.770. The van der Waals surface area contributed by atoms with Crippen LogP contribution in [0.2, 0.25) is 5.02 Å². The Kier molecular flexibility index (Phi) is 2.87. The third kappa shape index (κ3) is 1.83. The van der Waals surface area contributed by atoms with Gasteiger partial charge < -0.3 is 16.2 Å². The van der Waals surface area contributed by atoms with E-state index in [0.29, 0.717) is 0 Å². The summed E-state index contributed by atoms with van der Waals surface area (Å²) in [6.45, 7) is 1.99. The quantitative estimate of drug-likeness (QED) is 0.713. The number of nitrogens with one attached hydrogen (secondary N) is 1. The molecule has 1 aliphatic rings. The molecule has 3 nitrogen and oxygen atoms in total. The molecule has 0 fully saturated rings. The highest BCUT2D eigenvalue weighted by Crippen LogP contribution is 2.33. The second-order valence-corrected chi connectivity index (χ2v) is 4.42. The van der Waals surface area contributed by atoms with Crippen molar-refractivity contribution in [3.63, 3.8) is 0 Å². The fourth-order valence-electron chi connectivity index (χ4n) is 1.97. The Bertz CT molecular complexity index is 381. The SMILES string of the molecule is Cc1c(Cl)ccc2c1NC(C(N)CO)C2. The van der Waals surface area contributed by atoms with E-state index in [4.69, 9.17) is 22.4 Å². The van der Waals surface area contributed by atoms with E-state index >= 15 is 0 Å². The molecule has 0 bridgehead atoms. The number of hydrogen-bond acceptors (Lipinski definition) is 3. The second-order valence-electron chi connectivity index (χ2n) is 4.01. The lowest BCUT2D eigenvalue weighted by molar-refractivity contribution is 0.254. The molecule has 4 N–H and O–H groups in total. The number of halogens is 1. The second kappa shape index (κ2) is 4.00. The molecule has 2 rings (SSSR count). The first-order chi connectivity index (χ1) is 7.13. The van der Waals surface area contributed by atoms with Crippen molar-refractivity contribution in [3.8, 4) is 0 Å². The molecule has 0 radical (unpaired) electrons. The summed E-state index contributed by atoms with van der Waals surface area (Å²) < 4.78 is 0. The normalized spacial score (nSPS) is 20.9. The van der Waals surface area contributed by atoms with E-state index in [0.717, 1.165) is 22.7 Å². The van der Waals surface area contributed by atoms with Crippen LogP contribution in [0.25, 0.3) is 0 Å². The molecule has 0 aliphatic carbocycles. The molecule has 15 heavy (non-hydrogen) atoms.